The van der Waals surface area contributed by atoms with Gasteiger partial charge in [-0.05, 0) is 6.32 Å². The third-order valence-electron chi connectivity index (χ3n) is 0.154. The Labute approximate surface area is 86.2 Å². The van der Waals surface area contributed by atoms with Crippen molar-refractivity contribution in [2.24, 2.45) is 0 Å². The summed E-state index contributed by atoms with van der Waals surface area (Å²) < 4.78 is 10.6. The predicted molar refractivity (Wildman–Crippen MR) is 31.7 cm³/mol. The van der Waals surface area contributed by atoms with Gasteiger partial charge in [-0.15, -0.1) is 0 Å². The van der Waals surface area contributed by atoms with Gasteiger partial charge in [-0.1, -0.05) is 6.92 Å². The van der Waals surface area contributed by atoms with E-state index >= 15 is 0 Å². The van der Waals surface area contributed by atoms with Gasteiger partial charge in [0.2, 0.25) is 0 Å². The summed E-state index contributed by atoms with van der Waals surface area (Å²) in [5, 5.41) is 0. The third-order valence-corrected chi connectivity index (χ3v) is 0.154. The van der Waals surface area contributed by atoms with Crippen LogP contribution in [0.5, 0.6) is 0 Å². The van der Waals surface area contributed by atoms with E-state index in [9.17, 15) is 4.32 Å². The van der Waals surface area contributed by atoms with Crippen LogP contribution in [0.3, 0.4) is 0 Å². The van der Waals surface area contributed by atoms with E-state index in [-0.39, 0.29) is 62.3 Å². The Balaban J connectivity index is -0.0000000150. The quantitative estimate of drug-likeness (QED) is 0.402. The van der Waals surface area contributed by atoms with Gasteiger partial charge in [-0.3, -0.25) is 0 Å². The molecule has 0 bridgehead atoms. The van der Waals surface area contributed by atoms with Crippen molar-refractivity contribution < 1.29 is 15.3 Å². The average Bonchev–Trinajstić information content (AvgIpc) is 1.37. The molecule has 0 saturated heterocycles. The minimum absolute atomic E-state index is 0. The fourth-order valence-electron chi connectivity index (χ4n) is 0. The van der Waals surface area contributed by atoms with Crippen molar-refractivity contribution in [3.8, 4) is 0 Å². The number of hydrogen-bond donors (Lipinski definition) is 0. The zero-order valence-corrected chi connectivity index (χ0v) is 3.66. The van der Waals surface area contributed by atoms with Gasteiger partial charge in [0.15, 0.2) is 0 Å². The maximum atomic E-state index is 10.6. The molecule has 4 N–H and O–H groups in total. The van der Waals surface area contributed by atoms with Crippen LogP contribution < -0.4 is 0 Å². The fourth-order valence-corrected chi connectivity index (χ4v) is 0. The molecule has 0 fully saturated rings. The van der Waals surface area contributed by atoms with Crippen molar-refractivity contribution in [1.82, 2.24) is 0 Å². The summed E-state index contributed by atoms with van der Waals surface area (Å²) in [5.41, 5.74) is 0. The molecule has 7 heavy (non-hydrogen) atoms. The molecule has 0 spiro atoms. The maximum absolute atomic E-state index is 10.6. The molecule has 0 atom stereocenters. The number of rotatable bonds is 1. The van der Waals surface area contributed by atoms with Gasteiger partial charge in [0.05, 0.1) is 0 Å². The van der Waals surface area contributed by atoms with Crippen LogP contribution in [-0.2, 0) is 0 Å². The Morgan fingerprint density at radius 2 is 1.57 bits per heavy atom. The summed E-state index contributed by atoms with van der Waals surface area (Å²) >= 11 is 0. The molecule has 41 valence electrons. The van der Waals surface area contributed by atoms with Gasteiger partial charge in [0, 0.05) is 0 Å². The molecule has 0 aromatic rings. The van der Waals surface area contributed by atoms with E-state index in [0.29, 0.717) is 13.9 Å². The molecule has 0 aromatic heterocycles. The van der Waals surface area contributed by atoms with Crippen molar-refractivity contribution in [1.29, 1.82) is 0 Å². The first-order chi connectivity index (χ1) is 1.91. The molecule has 0 aliphatic heterocycles. The van der Waals surface area contributed by atoms with E-state index < -0.39 is 0 Å². The second kappa shape index (κ2) is 25.7. The molecule has 0 heterocycles. The zero-order valence-electron chi connectivity index (χ0n) is 3.66. The van der Waals surface area contributed by atoms with Crippen LogP contribution in [0.25, 0.3) is 0 Å². The summed E-state index contributed by atoms with van der Waals surface area (Å²) in [6, 6.07) is 0. The molecule has 0 amide bonds. The molecule has 0 aliphatic carbocycles. The average molecular weight is 135 g/mol. The topological polar surface area (TPSA) is 63.0 Å². The minimum atomic E-state index is 0. The van der Waals surface area contributed by atoms with E-state index in [2.05, 4.69) is 0 Å². The van der Waals surface area contributed by atoms with Crippen LogP contribution in [0.1, 0.15) is 6.92 Å². The van der Waals surface area contributed by atoms with Gasteiger partial charge in [-0.25, -0.2) is 0 Å². The van der Waals surface area contributed by atoms with Gasteiger partial charge in [0.25, 0.3) is 0 Å². The van der Waals surface area contributed by atoms with Gasteiger partial charge < -0.3 is 15.3 Å². The summed E-state index contributed by atoms with van der Waals surface area (Å²) in [6.07, 6.45) is 0.528. The van der Waals surface area contributed by atoms with E-state index in [0.717, 1.165) is 0 Å². The normalized spacial score (nSPS) is 3.71. The van der Waals surface area contributed by atoms with Crippen molar-refractivity contribution in [2.45, 2.75) is 13.2 Å². The van der Waals surface area contributed by atoms with E-state index in [1.807, 2.05) is 0 Å². The first-order valence-electron chi connectivity index (χ1n) is 1.33. The van der Waals surface area contributed by atoms with Crippen molar-refractivity contribution in [3.63, 3.8) is 0 Å². The van der Waals surface area contributed by atoms with Crippen molar-refractivity contribution >= 4 is 58.9 Å². The Bertz CT molecular complexity index is 17.7. The molecule has 0 aliphatic rings. The summed E-state index contributed by atoms with van der Waals surface area (Å²) in [4.78, 5) is 0. The van der Waals surface area contributed by atoms with Crippen LogP contribution in [-0.4, -0.2) is 69.9 Å². The molecule has 0 unspecified atom stereocenters. The van der Waals surface area contributed by atoms with Crippen LogP contribution in [0.2, 0.25) is 6.32 Å². The third kappa shape index (κ3) is 35.8. The molecular formula is C2H10BFKO2. The standard InChI is InChI=1S/C2H5BF.K.2H2O.H/c1-2-3-4;;;;/h2H2,1H3;;2*1H2;. The van der Waals surface area contributed by atoms with Gasteiger partial charge >= 0.3 is 58.9 Å². The Morgan fingerprint density at radius 3 is 1.57 bits per heavy atom. The van der Waals surface area contributed by atoms with Crippen molar-refractivity contribution in [3.05, 3.63) is 0 Å². The second-order valence-electron chi connectivity index (χ2n) is 0.563. The van der Waals surface area contributed by atoms with Gasteiger partial charge in [0.1, 0.15) is 0 Å². The summed E-state index contributed by atoms with van der Waals surface area (Å²) in [7, 11) is 0.625. The summed E-state index contributed by atoms with van der Waals surface area (Å²) in [5.74, 6) is 0. The molecule has 5 heteroatoms. The monoisotopic (exact) mass is 135 g/mol. The first kappa shape index (κ1) is 23.5. The molecular weight excluding hydrogens is 125 g/mol. The van der Waals surface area contributed by atoms with Crippen LogP contribution >= 0.6 is 0 Å². The first-order valence-corrected chi connectivity index (χ1v) is 1.33. The molecule has 1 radical (unpaired) electrons. The van der Waals surface area contributed by atoms with Crippen LogP contribution in [0.15, 0.2) is 0 Å². The van der Waals surface area contributed by atoms with E-state index in [1.165, 1.54) is 0 Å². The Hall–Kier alpha value is 1.55. The fraction of sp³-hybridized carbons (Fsp3) is 1.00. The Kier molecular flexibility index (Phi) is 86.4. The van der Waals surface area contributed by atoms with E-state index in [1.54, 1.807) is 6.92 Å². The predicted octanol–water partition coefficient (Wildman–Crippen LogP) is -1.28. The molecule has 2 nitrogen and oxygen atoms in total. The van der Waals surface area contributed by atoms with Crippen LogP contribution in [0.4, 0.5) is 4.32 Å². The second-order valence-corrected chi connectivity index (χ2v) is 0.563. The molecule has 0 aromatic carbocycles. The van der Waals surface area contributed by atoms with Gasteiger partial charge in [-0.2, -0.15) is 0 Å². The van der Waals surface area contributed by atoms with E-state index in [4.69, 9.17) is 0 Å². The van der Waals surface area contributed by atoms with Crippen molar-refractivity contribution in [2.75, 3.05) is 0 Å². The number of hydrogen-bond acceptors (Lipinski definition) is 0. The summed E-state index contributed by atoms with van der Waals surface area (Å²) in [6.45, 7) is 1.75. The van der Waals surface area contributed by atoms with Crippen LogP contribution in [0, 0.1) is 0 Å². The SMILES string of the molecule is CC[B]F.O.O.[KH]. The molecule has 0 rings (SSSR count). The number of halogens is 1. The zero-order chi connectivity index (χ0) is 3.41. The Morgan fingerprint density at radius 1 is 1.43 bits per heavy atom. The molecule has 0 saturated carbocycles.